The average Bonchev–Trinajstić information content (AvgIpc) is 3.39. The molecule has 1 aliphatic rings. The lowest BCUT2D eigenvalue weighted by Crippen LogP contribution is -2.46. The van der Waals surface area contributed by atoms with Crippen molar-refractivity contribution in [2.24, 2.45) is 0 Å². The van der Waals surface area contributed by atoms with Gasteiger partial charge in [-0.3, -0.25) is 9.59 Å². The molecule has 0 atom stereocenters. The molecule has 1 saturated heterocycles. The van der Waals surface area contributed by atoms with Gasteiger partial charge in [-0.2, -0.15) is 5.10 Å². The molecule has 1 aromatic heterocycles. The lowest BCUT2D eigenvalue weighted by Gasteiger charge is -2.32. The molecule has 0 radical (unpaired) electrons. The third kappa shape index (κ3) is 5.38. The van der Waals surface area contributed by atoms with E-state index >= 15 is 0 Å². The number of hydrogen-bond acceptors (Lipinski definition) is 4. The molecule has 1 aliphatic heterocycles. The molecule has 2 heterocycles. The summed E-state index contributed by atoms with van der Waals surface area (Å²) in [5.41, 5.74) is 2.98. The molecule has 0 bridgehead atoms. The first-order valence-corrected chi connectivity index (χ1v) is 12.2. The zero-order chi connectivity index (χ0) is 25.8. The highest BCUT2D eigenvalue weighted by Gasteiger charge is 2.28. The Hall–Kier alpha value is -4.46. The van der Waals surface area contributed by atoms with Crippen LogP contribution in [0.25, 0.3) is 16.9 Å². The van der Waals surface area contributed by atoms with Gasteiger partial charge >= 0.3 is 0 Å². The summed E-state index contributed by atoms with van der Waals surface area (Å²) in [5.74, 6) is 0.0648. The third-order valence-corrected chi connectivity index (χ3v) is 6.53. The number of benzene rings is 3. The van der Waals surface area contributed by atoms with Gasteiger partial charge in [0.1, 0.15) is 17.3 Å². The first-order valence-electron chi connectivity index (χ1n) is 12.2. The summed E-state index contributed by atoms with van der Waals surface area (Å²) in [6, 6.07) is 22.5. The maximum atomic E-state index is 13.7. The van der Waals surface area contributed by atoms with Crippen molar-refractivity contribution in [3.8, 4) is 22.7 Å². The molecule has 1 N–H and O–H groups in total. The molecule has 8 heteroatoms. The van der Waals surface area contributed by atoms with Gasteiger partial charge in [-0.1, -0.05) is 30.3 Å². The summed E-state index contributed by atoms with van der Waals surface area (Å²) in [5, 5.41) is 7.77. The van der Waals surface area contributed by atoms with Crippen molar-refractivity contribution >= 4 is 11.8 Å². The van der Waals surface area contributed by atoms with E-state index in [-0.39, 0.29) is 23.7 Å². The molecule has 3 aromatic carbocycles. The third-order valence-electron chi connectivity index (χ3n) is 6.53. The Labute approximate surface area is 214 Å². The van der Waals surface area contributed by atoms with Crippen LogP contribution in [0.1, 0.15) is 33.6 Å². The Morgan fingerprint density at radius 2 is 1.70 bits per heavy atom. The number of ether oxygens (including phenoxy) is 1. The Morgan fingerprint density at radius 1 is 0.973 bits per heavy atom. The fourth-order valence-electron chi connectivity index (χ4n) is 4.50. The number of methoxy groups -OCH3 is 1. The van der Waals surface area contributed by atoms with Crippen LogP contribution in [0.3, 0.4) is 0 Å². The number of aromatic nitrogens is 2. The van der Waals surface area contributed by atoms with Crippen molar-refractivity contribution in [1.82, 2.24) is 20.0 Å². The molecule has 1 fully saturated rings. The van der Waals surface area contributed by atoms with Crippen molar-refractivity contribution in [3.05, 3.63) is 102 Å². The molecular weight excluding hydrogens is 471 g/mol. The fraction of sp³-hybridized carbons (Fsp3) is 0.207. The predicted octanol–water partition coefficient (Wildman–Crippen LogP) is 4.72. The van der Waals surface area contributed by atoms with E-state index in [4.69, 9.17) is 9.84 Å². The first kappa shape index (κ1) is 24.2. The predicted molar refractivity (Wildman–Crippen MR) is 138 cm³/mol. The molecule has 0 spiro atoms. The molecule has 0 aliphatic carbocycles. The van der Waals surface area contributed by atoms with E-state index in [0.29, 0.717) is 54.2 Å². The SMILES string of the molecule is COc1cccc(-c2nn(-c3ccc(F)cc3)cc2C(=O)N2CCC(NC(=O)c3ccccc3)CC2)c1. The van der Waals surface area contributed by atoms with Gasteiger partial charge in [-0.25, -0.2) is 9.07 Å². The Bertz CT molecular complexity index is 1390. The maximum Gasteiger partial charge on any atom is 0.257 e. The average molecular weight is 499 g/mol. The summed E-state index contributed by atoms with van der Waals surface area (Å²) in [6.45, 7) is 1.02. The van der Waals surface area contributed by atoms with Crippen LogP contribution in [-0.4, -0.2) is 52.7 Å². The number of amides is 2. The maximum absolute atomic E-state index is 13.7. The van der Waals surface area contributed by atoms with Crippen LogP contribution in [-0.2, 0) is 0 Å². The lowest BCUT2D eigenvalue weighted by molar-refractivity contribution is 0.0699. The standard InChI is InChI=1S/C29H27FN4O3/c1-37-25-9-5-8-21(18-25)27-26(19-34(32-27)24-12-10-22(30)11-13-24)29(36)33-16-14-23(15-17-33)31-28(35)20-6-3-2-4-7-20/h2-13,18-19,23H,14-17H2,1H3,(H,31,35). The Kier molecular flexibility index (Phi) is 6.98. The summed E-state index contributed by atoms with van der Waals surface area (Å²) in [7, 11) is 1.59. The van der Waals surface area contributed by atoms with E-state index in [9.17, 15) is 14.0 Å². The number of hydrogen-bond donors (Lipinski definition) is 1. The second-order valence-electron chi connectivity index (χ2n) is 8.95. The molecule has 0 unspecified atom stereocenters. The van der Waals surface area contributed by atoms with Crippen LogP contribution >= 0.6 is 0 Å². The zero-order valence-electron chi connectivity index (χ0n) is 20.4. The highest BCUT2D eigenvalue weighted by molar-refractivity contribution is 6.00. The van der Waals surface area contributed by atoms with Gasteiger partial charge < -0.3 is 15.0 Å². The van der Waals surface area contributed by atoms with Gasteiger partial charge in [-0.15, -0.1) is 0 Å². The van der Waals surface area contributed by atoms with Gasteiger partial charge in [0.15, 0.2) is 0 Å². The van der Waals surface area contributed by atoms with Crippen molar-refractivity contribution in [3.63, 3.8) is 0 Å². The minimum Gasteiger partial charge on any atom is -0.497 e. The van der Waals surface area contributed by atoms with E-state index < -0.39 is 0 Å². The van der Waals surface area contributed by atoms with Crippen LogP contribution < -0.4 is 10.1 Å². The van der Waals surface area contributed by atoms with Gasteiger partial charge in [-0.05, 0) is 61.4 Å². The lowest BCUT2D eigenvalue weighted by atomic mass is 10.0. The number of piperidine rings is 1. The largest absolute Gasteiger partial charge is 0.497 e. The molecule has 0 saturated carbocycles. The summed E-state index contributed by atoms with van der Waals surface area (Å²) in [4.78, 5) is 28.0. The van der Waals surface area contributed by atoms with Gasteiger partial charge in [0, 0.05) is 36.5 Å². The van der Waals surface area contributed by atoms with E-state index in [1.165, 1.54) is 12.1 Å². The van der Waals surface area contributed by atoms with Crippen LogP contribution in [0.15, 0.2) is 85.1 Å². The Morgan fingerprint density at radius 3 is 2.41 bits per heavy atom. The first-order chi connectivity index (χ1) is 18.0. The van der Waals surface area contributed by atoms with Crippen molar-refractivity contribution < 1.29 is 18.7 Å². The van der Waals surface area contributed by atoms with E-state index in [0.717, 1.165) is 5.56 Å². The minimum atomic E-state index is -0.345. The van der Waals surface area contributed by atoms with Crippen LogP contribution in [0, 0.1) is 5.82 Å². The van der Waals surface area contributed by atoms with E-state index in [1.54, 1.807) is 47.2 Å². The molecule has 2 amide bonds. The van der Waals surface area contributed by atoms with Crippen LogP contribution in [0.2, 0.25) is 0 Å². The van der Waals surface area contributed by atoms with Crippen molar-refractivity contribution in [1.29, 1.82) is 0 Å². The number of likely N-dealkylation sites (tertiary alicyclic amines) is 1. The van der Waals surface area contributed by atoms with Gasteiger partial charge in [0.25, 0.3) is 11.8 Å². The second-order valence-corrected chi connectivity index (χ2v) is 8.95. The monoisotopic (exact) mass is 498 g/mol. The molecule has 5 rings (SSSR count). The normalized spacial score (nSPS) is 13.8. The molecule has 4 aromatic rings. The van der Waals surface area contributed by atoms with Crippen LogP contribution in [0.5, 0.6) is 5.75 Å². The zero-order valence-corrected chi connectivity index (χ0v) is 20.4. The summed E-state index contributed by atoms with van der Waals surface area (Å²) >= 11 is 0. The van der Waals surface area contributed by atoms with Crippen molar-refractivity contribution in [2.45, 2.75) is 18.9 Å². The van der Waals surface area contributed by atoms with E-state index in [1.807, 2.05) is 42.5 Å². The van der Waals surface area contributed by atoms with Crippen molar-refractivity contribution in [2.75, 3.05) is 20.2 Å². The molecule has 188 valence electrons. The summed E-state index contributed by atoms with van der Waals surface area (Å²) in [6.07, 6.45) is 3.00. The number of nitrogens with zero attached hydrogens (tertiary/aromatic N) is 3. The van der Waals surface area contributed by atoms with Crippen LogP contribution in [0.4, 0.5) is 4.39 Å². The molecule has 7 nitrogen and oxygen atoms in total. The number of nitrogens with one attached hydrogen (secondary N) is 1. The molecule has 37 heavy (non-hydrogen) atoms. The quantitative estimate of drug-likeness (QED) is 0.417. The fourth-order valence-corrected chi connectivity index (χ4v) is 4.50. The number of rotatable bonds is 6. The Balaban J connectivity index is 1.36. The highest BCUT2D eigenvalue weighted by atomic mass is 19.1. The van der Waals surface area contributed by atoms with E-state index in [2.05, 4.69) is 5.32 Å². The minimum absolute atomic E-state index is 0.00319. The molecular formula is C29H27FN4O3. The number of halogens is 1. The topological polar surface area (TPSA) is 76.5 Å². The van der Waals surface area contributed by atoms with Gasteiger partial charge in [0.05, 0.1) is 18.4 Å². The van der Waals surface area contributed by atoms with Gasteiger partial charge in [0.2, 0.25) is 0 Å². The number of carbonyl (C=O) groups is 2. The highest BCUT2D eigenvalue weighted by Crippen LogP contribution is 2.28. The number of carbonyl (C=O) groups excluding carboxylic acids is 2. The summed E-state index contributed by atoms with van der Waals surface area (Å²) < 4.78 is 20.4. The smallest absolute Gasteiger partial charge is 0.257 e. The second kappa shape index (κ2) is 10.7.